The van der Waals surface area contributed by atoms with E-state index in [1.165, 1.54) is 17.9 Å². The fraction of sp³-hybridized carbons (Fsp3) is 1.00. The average Bonchev–Trinajstić information content (AvgIpc) is 1.90. The Morgan fingerprint density at radius 3 is 2.38 bits per heavy atom. The van der Waals surface area contributed by atoms with Gasteiger partial charge in [-0.1, -0.05) is 0 Å². The van der Waals surface area contributed by atoms with Crippen molar-refractivity contribution in [3.63, 3.8) is 0 Å². The lowest BCUT2D eigenvalue weighted by Crippen LogP contribution is -2.07. The van der Waals surface area contributed by atoms with E-state index in [-0.39, 0.29) is 0 Å². The van der Waals surface area contributed by atoms with E-state index in [2.05, 4.69) is 12.6 Å². The monoisotopic (exact) mass is 166 g/mol. The molecule has 1 heterocycles. The summed E-state index contributed by atoms with van der Waals surface area (Å²) in [6, 6.07) is 0. The minimum absolute atomic E-state index is 0.784. The molecule has 3 heteroatoms. The molecule has 0 saturated carbocycles. The lowest BCUT2D eigenvalue weighted by molar-refractivity contribution is 1.10. The molecule has 1 fully saturated rings. The van der Waals surface area contributed by atoms with Crippen LogP contribution >= 0.6 is 36.2 Å². The molecule has 0 amide bonds. The largest absolute Gasteiger partial charge is 0.177 e. The first kappa shape index (κ1) is 7.16. The van der Waals surface area contributed by atoms with Gasteiger partial charge < -0.3 is 0 Å². The maximum absolute atomic E-state index is 4.22. The molecule has 0 aliphatic carbocycles. The van der Waals surface area contributed by atoms with E-state index in [9.17, 15) is 0 Å². The molecular formula is C5H10S3. The van der Waals surface area contributed by atoms with Crippen LogP contribution in [0.5, 0.6) is 0 Å². The molecule has 0 spiro atoms. The standard InChI is InChI=1S/C5H10S3/c6-4-5-7-2-1-3-8-5/h5-6H,1-4H2. The van der Waals surface area contributed by atoms with Crippen molar-refractivity contribution in [2.45, 2.75) is 11.0 Å². The first-order valence-corrected chi connectivity index (χ1v) is 5.50. The van der Waals surface area contributed by atoms with Crippen molar-refractivity contribution < 1.29 is 0 Å². The van der Waals surface area contributed by atoms with Gasteiger partial charge in [-0.25, -0.2) is 0 Å². The zero-order chi connectivity index (χ0) is 5.82. The zero-order valence-electron chi connectivity index (χ0n) is 4.67. The van der Waals surface area contributed by atoms with Crippen molar-refractivity contribution in [1.82, 2.24) is 0 Å². The Kier molecular flexibility index (Phi) is 3.55. The number of hydrogen-bond donors (Lipinski definition) is 1. The molecule has 0 aromatic heterocycles. The highest BCUT2D eigenvalue weighted by Crippen LogP contribution is 2.30. The van der Waals surface area contributed by atoms with Gasteiger partial charge in [-0.05, 0) is 17.9 Å². The van der Waals surface area contributed by atoms with Crippen LogP contribution in [0.3, 0.4) is 0 Å². The average molecular weight is 166 g/mol. The Balaban J connectivity index is 2.13. The highest BCUT2D eigenvalue weighted by atomic mass is 32.2. The van der Waals surface area contributed by atoms with Crippen molar-refractivity contribution in [2.75, 3.05) is 17.3 Å². The third-order valence-electron chi connectivity index (χ3n) is 1.05. The highest BCUT2D eigenvalue weighted by molar-refractivity contribution is 8.18. The van der Waals surface area contributed by atoms with Gasteiger partial charge in [-0.2, -0.15) is 12.6 Å². The van der Waals surface area contributed by atoms with E-state index in [1.807, 2.05) is 23.5 Å². The van der Waals surface area contributed by atoms with Crippen molar-refractivity contribution in [3.8, 4) is 0 Å². The van der Waals surface area contributed by atoms with Crippen LogP contribution in [0.4, 0.5) is 0 Å². The summed E-state index contributed by atoms with van der Waals surface area (Å²) in [4.78, 5) is 0. The third kappa shape index (κ3) is 2.11. The van der Waals surface area contributed by atoms with Gasteiger partial charge in [0.05, 0.1) is 4.58 Å². The van der Waals surface area contributed by atoms with Crippen molar-refractivity contribution in [2.24, 2.45) is 0 Å². The zero-order valence-corrected chi connectivity index (χ0v) is 7.20. The maximum atomic E-state index is 4.22. The third-order valence-corrected chi connectivity index (χ3v) is 4.85. The summed E-state index contributed by atoms with van der Waals surface area (Å²) in [6.07, 6.45) is 1.39. The molecule has 0 atom stereocenters. The van der Waals surface area contributed by atoms with Crippen LogP contribution in [0.25, 0.3) is 0 Å². The van der Waals surface area contributed by atoms with E-state index in [1.54, 1.807) is 0 Å². The molecular weight excluding hydrogens is 156 g/mol. The van der Waals surface area contributed by atoms with Crippen LogP contribution in [-0.2, 0) is 0 Å². The van der Waals surface area contributed by atoms with Gasteiger partial charge >= 0.3 is 0 Å². The van der Waals surface area contributed by atoms with Crippen molar-refractivity contribution in [3.05, 3.63) is 0 Å². The van der Waals surface area contributed by atoms with Gasteiger partial charge in [0.25, 0.3) is 0 Å². The Labute approximate surface area is 64.6 Å². The van der Waals surface area contributed by atoms with Crippen LogP contribution < -0.4 is 0 Å². The summed E-state index contributed by atoms with van der Waals surface area (Å²) in [5.74, 6) is 3.73. The van der Waals surface area contributed by atoms with Gasteiger partial charge in [0, 0.05) is 5.75 Å². The van der Waals surface area contributed by atoms with Gasteiger partial charge in [0.1, 0.15) is 0 Å². The first-order chi connectivity index (χ1) is 3.93. The molecule has 0 nitrogen and oxygen atoms in total. The number of thioether (sulfide) groups is 2. The number of hydrogen-bond acceptors (Lipinski definition) is 3. The van der Waals surface area contributed by atoms with E-state index >= 15 is 0 Å². The fourth-order valence-corrected chi connectivity index (χ4v) is 3.78. The SMILES string of the molecule is SCC1SCCCS1. The highest BCUT2D eigenvalue weighted by Gasteiger charge is 2.11. The molecule has 1 aliphatic heterocycles. The molecule has 48 valence electrons. The van der Waals surface area contributed by atoms with Gasteiger partial charge in [0.2, 0.25) is 0 Å². The predicted octanol–water partition coefficient (Wildman–Crippen LogP) is 2.11. The fourth-order valence-electron chi connectivity index (χ4n) is 0.642. The summed E-state index contributed by atoms with van der Waals surface area (Å²) in [6.45, 7) is 0. The van der Waals surface area contributed by atoms with Crippen LogP contribution in [0.15, 0.2) is 0 Å². The second kappa shape index (κ2) is 3.96. The Bertz CT molecular complexity index is 58.7. The molecule has 8 heavy (non-hydrogen) atoms. The Morgan fingerprint density at radius 1 is 1.38 bits per heavy atom. The topological polar surface area (TPSA) is 0 Å². The second-order valence-electron chi connectivity index (χ2n) is 1.71. The quantitative estimate of drug-likeness (QED) is 0.593. The molecule has 0 bridgehead atoms. The molecule has 1 aliphatic rings. The minimum atomic E-state index is 0.784. The molecule has 0 radical (unpaired) electrons. The van der Waals surface area contributed by atoms with Crippen LogP contribution in [-0.4, -0.2) is 21.8 Å². The number of rotatable bonds is 1. The molecule has 0 aromatic carbocycles. The lowest BCUT2D eigenvalue weighted by atomic mass is 10.6. The smallest absolute Gasteiger partial charge is 0.0590 e. The molecule has 1 rings (SSSR count). The first-order valence-electron chi connectivity index (χ1n) is 2.77. The normalized spacial score (nSPS) is 23.6. The maximum Gasteiger partial charge on any atom is 0.0590 e. The second-order valence-corrected chi connectivity index (χ2v) is 4.99. The summed E-state index contributed by atoms with van der Waals surface area (Å²) in [7, 11) is 0. The summed E-state index contributed by atoms with van der Waals surface area (Å²) in [5.41, 5.74) is 0. The Hall–Kier alpha value is 1.05. The van der Waals surface area contributed by atoms with Gasteiger partial charge in [0.15, 0.2) is 0 Å². The van der Waals surface area contributed by atoms with E-state index in [0.717, 1.165) is 10.3 Å². The molecule has 0 aromatic rings. The summed E-state index contributed by atoms with van der Waals surface area (Å²) >= 11 is 8.32. The molecule has 0 unspecified atom stereocenters. The van der Waals surface area contributed by atoms with Crippen LogP contribution in [0.1, 0.15) is 6.42 Å². The van der Waals surface area contributed by atoms with E-state index in [0.29, 0.717) is 0 Å². The van der Waals surface area contributed by atoms with E-state index < -0.39 is 0 Å². The van der Waals surface area contributed by atoms with Gasteiger partial charge in [-0.3, -0.25) is 0 Å². The summed E-state index contributed by atoms with van der Waals surface area (Å²) in [5, 5.41) is 0. The Morgan fingerprint density at radius 2 is 2.00 bits per heavy atom. The van der Waals surface area contributed by atoms with Crippen molar-refractivity contribution >= 4 is 36.2 Å². The van der Waals surface area contributed by atoms with Gasteiger partial charge in [-0.15, -0.1) is 23.5 Å². The van der Waals surface area contributed by atoms with Crippen molar-refractivity contribution in [1.29, 1.82) is 0 Å². The predicted molar refractivity (Wildman–Crippen MR) is 47.2 cm³/mol. The molecule has 0 N–H and O–H groups in total. The molecule has 1 saturated heterocycles. The van der Waals surface area contributed by atoms with Crippen LogP contribution in [0.2, 0.25) is 0 Å². The number of thiol groups is 1. The minimum Gasteiger partial charge on any atom is -0.177 e. The summed E-state index contributed by atoms with van der Waals surface area (Å²) < 4.78 is 0.784. The lowest BCUT2D eigenvalue weighted by Gasteiger charge is -2.17. The van der Waals surface area contributed by atoms with E-state index in [4.69, 9.17) is 0 Å². The van der Waals surface area contributed by atoms with Crippen LogP contribution in [0, 0.1) is 0 Å².